The van der Waals surface area contributed by atoms with E-state index in [0.717, 1.165) is 28.5 Å². The number of hydrogen-bond acceptors (Lipinski definition) is 6. The molecule has 8 heteroatoms. The van der Waals surface area contributed by atoms with Crippen molar-refractivity contribution in [1.29, 1.82) is 0 Å². The molecule has 1 amide bonds. The van der Waals surface area contributed by atoms with Gasteiger partial charge in [0.1, 0.15) is 0 Å². The molecule has 0 saturated heterocycles. The van der Waals surface area contributed by atoms with Crippen LogP contribution in [0.1, 0.15) is 19.8 Å². The number of nitrogens with zero attached hydrogens (tertiary/aromatic N) is 4. The zero-order valence-corrected chi connectivity index (χ0v) is 18.4. The summed E-state index contributed by atoms with van der Waals surface area (Å²) in [6, 6.07) is 17.7. The molecule has 1 atom stereocenters. The molecule has 7 nitrogen and oxygen atoms in total. The number of thioether (sulfide) groups is 1. The Hall–Kier alpha value is -2.97. The van der Waals surface area contributed by atoms with Gasteiger partial charge in [0, 0.05) is 31.2 Å². The molecule has 31 heavy (non-hydrogen) atoms. The van der Waals surface area contributed by atoms with Crippen molar-refractivity contribution in [3.05, 3.63) is 54.6 Å². The summed E-state index contributed by atoms with van der Waals surface area (Å²) in [6.07, 6.45) is 1.46. The molecule has 0 fully saturated rings. The molecule has 0 aliphatic rings. The first-order valence-corrected chi connectivity index (χ1v) is 11.2. The van der Waals surface area contributed by atoms with Gasteiger partial charge in [-0.2, -0.15) is 4.52 Å². The number of amides is 1. The zero-order valence-electron chi connectivity index (χ0n) is 17.6. The lowest BCUT2D eigenvalue weighted by molar-refractivity contribution is -0.120. The molecule has 2 heterocycles. The molecule has 160 valence electrons. The summed E-state index contributed by atoms with van der Waals surface area (Å²) < 4.78 is 6.81. The van der Waals surface area contributed by atoms with Crippen molar-refractivity contribution in [2.75, 3.05) is 20.3 Å². The predicted molar refractivity (Wildman–Crippen MR) is 123 cm³/mol. The number of para-hydroxylation sites is 1. The summed E-state index contributed by atoms with van der Waals surface area (Å²) in [4.78, 5) is 22.3. The number of aromatic nitrogens is 4. The summed E-state index contributed by atoms with van der Waals surface area (Å²) in [7, 11) is 1.66. The minimum atomic E-state index is -0.274. The standard InChI is InChI=1S/C23H25N5O2S/c1-3-19(22(29)24-14-9-15-30-2)31-23-25-18-13-8-7-12-17(18)21-26-20(27-28(21)23)16-10-5-4-6-11-16/h4-8,10-13,19H,3,9,14-15H2,1-2H3,(H,24,29). The van der Waals surface area contributed by atoms with Gasteiger partial charge in [-0.25, -0.2) is 9.97 Å². The Bertz CT molecular complexity index is 1180. The monoisotopic (exact) mass is 435 g/mol. The van der Waals surface area contributed by atoms with E-state index < -0.39 is 0 Å². The molecule has 0 aliphatic heterocycles. The average molecular weight is 436 g/mol. The summed E-state index contributed by atoms with van der Waals surface area (Å²) >= 11 is 1.42. The third-order valence-electron chi connectivity index (χ3n) is 4.92. The normalized spacial score (nSPS) is 12.3. The van der Waals surface area contributed by atoms with E-state index in [0.29, 0.717) is 30.6 Å². The highest BCUT2D eigenvalue weighted by molar-refractivity contribution is 8.00. The fourth-order valence-electron chi connectivity index (χ4n) is 3.31. The smallest absolute Gasteiger partial charge is 0.233 e. The van der Waals surface area contributed by atoms with Crippen LogP contribution in [-0.2, 0) is 9.53 Å². The van der Waals surface area contributed by atoms with Gasteiger partial charge in [-0.05, 0) is 25.0 Å². The second-order valence-electron chi connectivity index (χ2n) is 7.10. The van der Waals surface area contributed by atoms with Gasteiger partial charge in [-0.3, -0.25) is 4.79 Å². The minimum Gasteiger partial charge on any atom is -0.385 e. The number of methoxy groups -OCH3 is 1. The number of rotatable bonds is 9. The highest BCUT2D eigenvalue weighted by Crippen LogP contribution is 2.29. The van der Waals surface area contributed by atoms with Crippen LogP contribution in [0.25, 0.3) is 27.9 Å². The third-order valence-corrected chi connectivity index (χ3v) is 6.22. The summed E-state index contributed by atoms with van der Waals surface area (Å²) in [6.45, 7) is 3.21. The average Bonchev–Trinajstić information content (AvgIpc) is 3.27. The number of nitrogens with one attached hydrogen (secondary N) is 1. The first-order chi connectivity index (χ1) is 15.2. The molecular weight excluding hydrogens is 410 g/mol. The number of fused-ring (bicyclic) bond motifs is 3. The molecule has 4 rings (SSSR count). The van der Waals surface area contributed by atoms with E-state index in [1.807, 2.05) is 61.5 Å². The Balaban J connectivity index is 1.70. The second-order valence-corrected chi connectivity index (χ2v) is 8.27. The quantitative estimate of drug-likeness (QED) is 0.243. The maximum Gasteiger partial charge on any atom is 0.233 e. The lowest BCUT2D eigenvalue weighted by atomic mass is 10.2. The maximum atomic E-state index is 12.7. The van der Waals surface area contributed by atoms with E-state index in [9.17, 15) is 4.79 Å². The van der Waals surface area contributed by atoms with Crippen LogP contribution in [0.3, 0.4) is 0 Å². The Labute approximate surface area is 185 Å². The highest BCUT2D eigenvalue weighted by Gasteiger charge is 2.22. The number of ether oxygens (including phenoxy) is 1. The second kappa shape index (κ2) is 9.89. The summed E-state index contributed by atoms with van der Waals surface area (Å²) in [5.74, 6) is 0.632. The molecule has 0 spiro atoms. The molecule has 0 bridgehead atoms. The van der Waals surface area contributed by atoms with Crippen molar-refractivity contribution in [2.45, 2.75) is 30.2 Å². The minimum absolute atomic E-state index is 0.00453. The van der Waals surface area contributed by atoms with E-state index in [2.05, 4.69) is 5.32 Å². The Morgan fingerprint density at radius 2 is 1.90 bits per heavy atom. The Kier molecular flexibility index (Phi) is 6.79. The lowest BCUT2D eigenvalue weighted by Crippen LogP contribution is -2.33. The van der Waals surface area contributed by atoms with Crippen LogP contribution in [0.2, 0.25) is 0 Å². The molecule has 4 aromatic rings. The zero-order chi connectivity index (χ0) is 21.6. The van der Waals surface area contributed by atoms with E-state index >= 15 is 0 Å². The van der Waals surface area contributed by atoms with Gasteiger partial charge in [-0.1, -0.05) is 61.2 Å². The molecule has 0 aliphatic carbocycles. The van der Waals surface area contributed by atoms with E-state index in [4.69, 9.17) is 19.8 Å². The molecular formula is C23H25N5O2S. The van der Waals surface area contributed by atoms with Gasteiger partial charge in [0.25, 0.3) is 0 Å². The molecule has 0 saturated carbocycles. The Morgan fingerprint density at radius 1 is 1.13 bits per heavy atom. The van der Waals surface area contributed by atoms with Crippen molar-refractivity contribution in [2.24, 2.45) is 0 Å². The van der Waals surface area contributed by atoms with Crippen molar-refractivity contribution < 1.29 is 9.53 Å². The van der Waals surface area contributed by atoms with Crippen LogP contribution >= 0.6 is 11.8 Å². The van der Waals surface area contributed by atoms with E-state index in [1.54, 1.807) is 11.6 Å². The first-order valence-electron chi connectivity index (χ1n) is 10.4. The lowest BCUT2D eigenvalue weighted by Gasteiger charge is -2.15. The summed E-state index contributed by atoms with van der Waals surface area (Å²) in [5.41, 5.74) is 2.51. The van der Waals surface area contributed by atoms with Crippen LogP contribution in [0.4, 0.5) is 0 Å². The van der Waals surface area contributed by atoms with E-state index in [1.165, 1.54) is 11.8 Å². The van der Waals surface area contributed by atoms with E-state index in [-0.39, 0.29) is 11.2 Å². The number of carbonyl (C=O) groups excluding carboxylic acids is 1. The Morgan fingerprint density at radius 3 is 2.68 bits per heavy atom. The molecule has 0 radical (unpaired) electrons. The molecule has 2 aromatic carbocycles. The summed E-state index contributed by atoms with van der Waals surface area (Å²) in [5, 5.41) is 9.04. The van der Waals surface area contributed by atoms with Gasteiger partial charge >= 0.3 is 0 Å². The van der Waals surface area contributed by atoms with Gasteiger partial charge in [0.2, 0.25) is 5.91 Å². The fraction of sp³-hybridized carbons (Fsp3) is 0.304. The topological polar surface area (TPSA) is 81.4 Å². The van der Waals surface area contributed by atoms with Crippen LogP contribution in [-0.4, -0.2) is 51.0 Å². The van der Waals surface area contributed by atoms with Crippen LogP contribution in [0, 0.1) is 0 Å². The van der Waals surface area contributed by atoms with Crippen molar-refractivity contribution in [3.63, 3.8) is 0 Å². The van der Waals surface area contributed by atoms with Gasteiger partial charge < -0.3 is 10.1 Å². The van der Waals surface area contributed by atoms with Gasteiger partial charge in [0.05, 0.1) is 10.8 Å². The van der Waals surface area contributed by atoms with Crippen molar-refractivity contribution in [3.8, 4) is 11.4 Å². The molecule has 1 unspecified atom stereocenters. The molecule has 2 aromatic heterocycles. The predicted octanol–water partition coefficient (Wildman–Crippen LogP) is 3.97. The maximum absolute atomic E-state index is 12.7. The van der Waals surface area contributed by atoms with Gasteiger partial charge in [-0.15, -0.1) is 5.10 Å². The third kappa shape index (κ3) is 4.70. The molecule has 1 N–H and O–H groups in total. The van der Waals surface area contributed by atoms with Crippen LogP contribution in [0.5, 0.6) is 0 Å². The highest BCUT2D eigenvalue weighted by atomic mass is 32.2. The van der Waals surface area contributed by atoms with Crippen molar-refractivity contribution >= 4 is 34.2 Å². The van der Waals surface area contributed by atoms with Crippen LogP contribution in [0.15, 0.2) is 59.8 Å². The largest absolute Gasteiger partial charge is 0.385 e. The SMILES string of the molecule is CCC(Sc1nc2ccccc2c2nc(-c3ccccc3)nn12)C(=O)NCCCOC. The number of carbonyl (C=O) groups is 1. The number of hydrogen-bond donors (Lipinski definition) is 1. The number of benzene rings is 2. The van der Waals surface area contributed by atoms with Crippen LogP contribution < -0.4 is 5.32 Å². The first kappa shape index (κ1) is 21.3. The van der Waals surface area contributed by atoms with Gasteiger partial charge in [0.15, 0.2) is 16.6 Å². The fourth-order valence-corrected chi connectivity index (χ4v) is 4.30. The van der Waals surface area contributed by atoms with Crippen molar-refractivity contribution in [1.82, 2.24) is 24.9 Å².